The number of nitrogens with two attached hydrogens (primary N) is 1. The number of hydrogen-bond acceptors (Lipinski definition) is 9. The van der Waals surface area contributed by atoms with E-state index in [-0.39, 0.29) is 27.8 Å². The van der Waals surface area contributed by atoms with E-state index in [4.69, 9.17) is 5.73 Å². The molecule has 0 radical (unpaired) electrons. The Balaban J connectivity index is 1.33. The lowest BCUT2D eigenvalue weighted by atomic mass is 10.0. The van der Waals surface area contributed by atoms with Crippen molar-refractivity contribution >= 4 is 39.1 Å². The number of anilines is 1. The lowest BCUT2D eigenvalue weighted by molar-refractivity contribution is 0.100. The molecule has 0 saturated carbocycles. The van der Waals surface area contributed by atoms with E-state index in [2.05, 4.69) is 35.9 Å². The van der Waals surface area contributed by atoms with Gasteiger partial charge in [0.1, 0.15) is 15.4 Å². The number of halogens is 2. The van der Waals surface area contributed by atoms with E-state index in [0.717, 1.165) is 16.9 Å². The molecule has 212 valence electrons. The minimum atomic E-state index is -2.87. The number of carbonyl (C=O) groups excluding carboxylic acids is 2. The Hall–Kier alpha value is -5.38. The number of carbonyl (C=O) groups is 2. The van der Waals surface area contributed by atoms with Crippen molar-refractivity contribution in [2.45, 2.75) is 20.0 Å². The highest BCUT2D eigenvalue weighted by Crippen LogP contribution is 2.43. The molecule has 0 atom stereocenters. The number of aryl methyl sites for hydroxylation is 1. The summed E-state index contributed by atoms with van der Waals surface area (Å²) >= 11 is 0.816. The maximum Gasteiger partial charge on any atom is 0.280 e. The molecule has 0 aliphatic carbocycles. The highest BCUT2D eigenvalue weighted by Gasteiger charge is 2.27. The molecule has 3 N–H and O–H groups in total. The Labute approximate surface area is 239 Å². The van der Waals surface area contributed by atoms with Crippen LogP contribution in [0.25, 0.3) is 32.7 Å². The molecule has 16 heteroatoms. The monoisotopic (exact) mass is 589 g/mol. The summed E-state index contributed by atoms with van der Waals surface area (Å²) in [7, 11) is 1.71. The Morgan fingerprint density at radius 2 is 1.90 bits per heavy atom. The molecule has 0 aliphatic heterocycles. The molecular formula is C26H21F2N11O2S. The van der Waals surface area contributed by atoms with Crippen molar-refractivity contribution in [3.05, 3.63) is 76.8 Å². The van der Waals surface area contributed by atoms with Gasteiger partial charge in [-0.1, -0.05) is 30.3 Å². The van der Waals surface area contributed by atoms with E-state index < -0.39 is 23.9 Å². The summed E-state index contributed by atoms with van der Waals surface area (Å²) in [4.78, 5) is 31.2. The number of rotatable bonds is 8. The Morgan fingerprint density at radius 1 is 1.12 bits per heavy atom. The Kier molecular flexibility index (Phi) is 6.74. The molecule has 0 aliphatic rings. The molecule has 6 rings (SSSR count). The molecule has 5 heterocycles. The van der Waals surface area contributed by atoms with Crippen LogP contribution < -0.4 is 11.1 Å². The van der Waals surface area contributed by atoms with Gasteiger partial charge >= 0.3 is 0 Å². The second-order valence-corrected chi connectivity index (χ2v) is 10.2. The summed E-state index contributed by atoms with van der Waals surface area (Å²) in [5, 5.41) is 23.9. The van der Waals surface area contributed by atoms with Crippen LogP contribution in [0.4, 0.5) is 14.5 Å². The maximum atomic E-state index is 13.8. The van der Waals surface area contributed by atoms with E-state index in [9.17, 15) is 18.4 Å². The number of aromatic nitrogens is 9. The molecule has 2 amide bonds. The Morgan fingerprint density at radius 3 is 2.60 bits per heavy atom. The van der Waals surface area contributed by atoms with Crippen LogP contribution in [-0.4, -0.2) is 56.6 Å². The van der Waals surface area contributed by atoms with Gasteiger partial charge in [-0.15, -0.1) is 26.3 Å². The summed E-state index contributed by atoms with van der Waals surface area (Å²) < 4.78 is 30.6. The van der Waals surface area contributed by atoms with Gasteiger partial charge in [-0.3, -0.25) is 14.3 Å². The highest BCUT2D eigenvalue weighted by atomic mass is 32.1. The summed E-state index contributed by atoms with van der Waals surface area (Å²) in [6.45, 7) is 1.85. The molecule has 0 unspecified atom stereocenters. The normalized spacial score (nSPS) is 11.5. The first-order valence-corrected chi connectivity index (χ1v) is 13.2. The fourth-order valence-electron chi connectivity index (χ4n) is 4.37. The average Bonchev–Trinajstić information content (AvgIpc) is 3.77. The van der Waals surface area contributed by atoms with Crippen molar-refractivity contribution in [3.63, 3.8) is 0 Å². The number of alkyl halides is 2. The summed E-state index contributed by atoms with van der Waals surface area (Å²) in [6, 6.07) is 12.0. The lowest BCUT2D eigenvalue weighted by Gasteiger charge is -2.10. The second kappa shape index (κ2) is 10.5. The van der Waals surface area contributed by atoms with Crippen LogP contribution in [0.2, 0.25) is 0 Å². The van der Waals surface area contributed by atoms with Gasteiger partial charge in [0.15, 0.2) is 12.4 Å². The SMILES string of the molecule is Cc1c(-c2cc(C(F)F)nc3sc(C(N)=O)c(NC(=O)c4ccn(Cn5nnc(-c6ccccc6)n5)n4)c23)cnn1C. The minimum absolute atomic E-state index is 0.0180. The third-order valence-corrected chi connectivity index (χ3v) is 7.62. The number of nitrogens with zero attached hydrogens (tertiary/aromatic N) is 9. The molecule has 13 nitrogen and oxygen atoms in total. The second-order valence-electron chi connectivity index (χ2n) is 9.20. The third-order valence-electron chi connectivity index (χ3n) is 6.52. The topological polar surface area (TPSA) is 164 Å². The van der Waals surface area contributed by atoms with Gasteiger partial charge in [0.05, 0.1) is 11.9 Å². The number of tetrazole rings is 1. The molecule has 0 saturated heterocycles. The van der Waals surface area contributed by atoms with Crippen LogP contribution in [0.1, 0.15) is 38.0 Å². The minimum Gasteiger partial charge on any atom is -0.365 e. The van der Waals surface area contributed by atoms with E-state index in [0.29, 0.717) is 28.0 Å². The molecule has 0 fully saturated rings. The fraction of sp³-hybridized carbons (Fsp3) is 0.154. The van der Waals surface area contributed by atoms with Gasteiger partial charge in [0.25, 0.3) is 18.2 Å². The fourth-order valence-corrected chi connectivity index (χ4v) is 5.39. The van der Waals surface area contributed by atoms with Crippen molar-refractivity contribution in [2.75, 3.05) is 5.32 Å². The van der Waals surface area contributed by atoms with Crippen LogP contribution in [0.15, 0.2) is 54.9 Å². The number of amides is 2. The van der Waals surface area contributed by atoms with E-state index in [1.165, 1.54) is 27.8 Å². The number of primary amides is 1. The molecule has 1 aromatic carbocycles. The largest absolute Gasteiger partial charge is 0.365 e. The maximum absolute atomic E-state index is 13.8. The number of thiophene rings is 1. The summed E-state index contributed by atoms with van der Waals surface area (Å²) in [5.74, 6) is -1.07. The van der Waals surface area contributed by atoms with Crippen LogP contribution in [0.5, 0.6) is 0 Å². The van der Waals surface area contributed by atoms with Crippen molar-refractivity contribution in [1.82, 2.24) is 44.8 Å². The number of fused-ring (bicyclic) bond motifs is 1. The van der Waals surface area contributed by atoms with Crippen molar-refractivity contribution in [1.29, 1.82) is 0 Å². The zero-order valence-corrected chi connectivity index (χ0v) is 22.9. The first kappa shape index (κ1) is 26.8. The molecule has 42 heavy (non-hydrogen) atoms. The molecular weight excluding hydrogens is 568 g/mol. The smallest absolute Gasteiger partial charge is 0.280 e. The Bertz CT molecular complexity index is 1960. The molecule has 6 aromatic rings. The van der Waals surface area contributed by atoms with Gasteiger partial charge in [-0.25, -0.2) is 18.4 Å². The van der Waals surface area contributed by atoms with Crippen molar-refractivity contribution in [3.8, 4) is 22.5 Å². The zero-order valence-electron chi connectivity index (χ0n) is 22.1. The van der Waals surface area contributed by atoms with Crippen LogP contribution in [0, 0.1) is 6.92 Å². The highest BCUT2D eigenvalue weighted by molar-refractivity contribution is 7.21. The van der Waals surface area contributed by atoms with Gasteiger partial charge in [-0.2, -0.15) is 10.2 Å². The standard InChI is InChI=1S/C26H21F2N11O2S/c1-13-16(11-30-37(13)2)15-10-18(22(27)28)31-26-19(15)20(21(42-26)23(29)40)32-25(41)17-8-9-38(34-17)12-39-35-24(33-36-39)14-6-4-3-5-7-14/h3-11,22H,12H2,1-2H3,(H2,29,40)(H,32,41). The third kappa shape index (κ3) is 4.87. The number of hydrogen-bond donors (Lipinski definition) is 2. The number of nitrogens with one attached hydrogen (secondary N) is 1. The predicted molar refractivity (Wildman–Crippen MR) is 149 cm³/mol. The van der Waals surface area contributed by atoms with Crippen LogP contribution in [0.3, 0.4) is 0 Å². The van der Waals surface area contributed by atoms with Gasteiger partial charge < -0.3 is 11.1 Å². The van der Waals surface area contributed by atoms with E-state index in [1.54, 1.807) is 24.9 Å². The van der Waals surface area contributed by atoms with Gasteiger partial charge in [0.2, 0.25) is 5.82 Å². The van der Waals surface area contributed by atoms with Crippen LogP contribution in [-0.2, 0) is 13.7 Å². The average molecular weight is 590 g/mol. The van der Waals surface area contributed by atoms with Crippen LogP contribution >= 0.6 is 11.3 Å². The summed E-state index contributed by atoms with van der Waals surface area (Å²) in [5.41, 5.74) is 7.58. The van der Waals surface area contributed by atoms with E-state index in [1.807, 2.05) is 30.3 Å². The number of benzene rings is 1. The summed E-state index contributed by atoms with van der Waals surface area (Å²) in [6.07, 6.45) is 0.215. The van der Waals surface area contributed by atoms with Crippen molar-refractivity contribution < 1.29 is 18.4 Å². The van der Waals surface area contributed by atoms with E-state index >= 15 is 0 Å². The van der Waals surface area contributed by atoms with Gasteiger partial charge in [0, 0.05) is 35.5 Å². The van der Waals surface area contributed by atoms with Gasteiger partial charge in [-0.05, 0) is 29.8 Å². The lowest BCUT2D eigenvalue weighted by Crippen LogP contribution is -2.18. The predicted octanol–water partition coefficient (Wildman–Crippen LogP) is 3.65. The molecule has 5 aromatic heterocycles. The molecule has 0 bridgehead atoms. The first-order valence-electron chi connectivity index (χ1n) is 12.4. The number of pyridine rings is 1. The first-order chi connectivity index (χ1) is 20.2. The molecule has 0 spiro atoms. The zero-order chi connectivity index (χ0) is 29.5. The quantitative estimate of drug-likeness (QED) is 0.272. The van der Waals surface area contributed by atoms with Crippen molar-refractivity contribution in [2.24, 2.45) is 12.8 Å².